The van der Waals surface area contributed by atoms with E-state index >= 15 is 0 Å². The van der Waals surface area contributed by atoms with E-state index in [2.05, 4.69) is 6.92 Å². The van der Waals surface area contributed by atoms with Crippen molar-refractivity contribution in [3.8, 4) is 0 Å². The summed E-state index contributed by atoms with van der Waals surface area (Å²) in [5, 5.41) is 0. The lowest BCUT2D eigenvalue weighted by molar-refractivity contribution is -0.187. The molecule has 0 saturated heterocycles. The number of alkyl halides is 3. The molecule has 0 aromatic heterocycles. The molecule has 0 heterocycles. The molecule has 2 atom stereocenters. The first-order valence-electron chi connectivity index (χ1n) is 9.79. The smallest absolute Gasteiger partial charge is 0.336 e. The molecule has 0 radical (unpaired) electrons. The number of halogens is 3. The van der Waals surface area contributed by atoms with Gasteiger partial charge in [0, 0.05) is 18.0 Å². The van der Waals surface area contributed by atoms with Crippen LogP contribution < -0.4 is 0 Å². The third-order valence-corrected chi connectivity index (χ3v) is 6.47. The van der Waals surface area contributed by atoms with Crippen LogP contribution >= 0.6 is 0 Å². The van der Waals surface area contributed by atoms with E-state index in [0.29, 0.717) is 18.9 Å². The Bertz CT molecular complexity index is 438. The Morgan fingerprint density at radius 1 is 0.958 bits per heavy atom. The lowest BCUT2D eigenvalue weighted by Gasteiger charge is -2.40. The summed E-state index contributed by atoms with van der Waals surface area (Å²) in [6.07, 6.45) is 4.88. The largest absolute Gasteiger partial charge is 0.391 e. The minimum absolute atomic E-state index is 0.00978. The van der Waals surface area contributed by atoms with Gasteiger partial charge in [-0.05, 0) is 63.7 Å². The van der Waals surface area contributed by atoms with Gasteiger partial charge in [-0.15, -0.1) is 0 Å². The first-order valence-corrected chi connectivity index (χ1v) is 9.79. The zero-order valence-electron chi connectivity index (χ0n) is 14.7. The second-order valence-corrected chi connectivity index (χ2v) is 8.16. The van der Waals surface area contributed by atoms with Crippen molar-refractivity contribution in [2.24, 2.45) is 17.8 Å². The van der Waals surface area contributed by atoms with Gasteiger partial charge in [0.2, 0.25) is 5.91 Å². The van der Waals surface area contributed by atoms with Gasteiger partial charge in [0.1, 0.15) is 0 Å². The summed E-state index contributed by atoms with van der Waals surface area (Å²) in [4.78, 5) is 15.1. The first kappa shape index (κ1) is 18.1. The Labute approximate surface area is 143 Å². The van der Waals surface area contributed by atoms with E-state index < -0.39 is 18.0 Å². The Hall–Kier alpha value is -0.740. The van der Waals surface area contributed by atoms with Crippen molar-refractivity contribution in [1.82, 2.24) is 4.90 Å². The fourth-order valence-electron chi connectivity index (χ4n) is 4.76. The molecular formula is C19H30F3NO. The van der Waals surface area contributed by atoms with Crippen molar-refractivity contribution in [3.63, 3.8) is 0 Å². The summed E-state index contributed by atoms with van der Waals surface area (Å²) in [6.45, 7) is 2.22. The van der Waals surface area contributed by atoms with Crippen molar-refractivity contribution in [2.45, 2.75) is 95.8 Å². The van der Waals surface area contributed by atoms with Gasteiger partial charge >= 0.3 is 6.18 Å². The van der Waals surface area contributed by atoms with Crippen LogP contribution in [0, 0.1) is 17.8 Å². The van der Waals surface area contributed by atoms with Gasteiger partial charge in [-0.1, -0.05) is 19.8 Å². The Morgan fingerprint density at radius 3 is 2.04 bits per heavy atom. The molecule has 0 bridgehead atoms. The lowest BCUT2D eigenvalue weighted by atomic mass is 9.79. The van der Waals surface area contributed by atoms with E-state index in [-0.39, 0.29) is 24.8 Å². The molecule has 2 unspecified atom stereocenters. The second-order valence-electron chi connectivity index (χ2n) is 8.16. The Morgan fingerprint density at radius 2 is 1.54 bits per heavy atom. The van der Waals surface area contributed by atoms with Crippen molar-refractivity contribution in [3.05, 3.63) is 0 Å². The SMILES string of the molecule is CCC1CCC(N(C(=O)C2CCCC(C(F)(F)F)C2)C2CC2)CC1. The molecule has 3 rings (SSSR count). The third kappa shape index (κ3) is 4.08. The first-order chi connectivity index (χ1) is 11.4. The quantitative estimate of drug-likeness (QED) is 0.676. The Balaban J connectivity index is 1.64. The van der Waals surface area contributed by atoms with Gasteiger partial charge in [-0.25, -0.2) is 0 Å². The van der Waals surface area contributed by atoms with Crippen LogP contribution in [0.2, 0.25) is 0 Å². The lowest BCUT2D eigenvalue weighted by Crippen LogP contribution is -2.48. The molecule has 0 spiro atoms. The molecule has 3 aliphatic carbocycles. The summed E-state index contributed by atoms with van der Waals surface area (Å²) in [5.41, 5.74) is 0. The van der Waals surface area contributed by atoms with Crippen LogP contribution in [-0.4, -0.2) is 29.1 Å². The van der Waals surface area contributed by atoms with E-state index in [4.69, 9.17) is 0 Å². The van der Waals surface area contributed by atoms with Gasteiger partial charge in [-0.3, -0.25) is 4.79 Å². The predicted octanol–water partition coefficient (Wildman–Crippen LogP) is 5.31. The van der Waals surface area contributed by atoms with Crippen LogP contribution in [0.4, 0.5) is 13.2 Å². The normalized spacial score (nSPS) is 34.8. The molecule has 1 amide bonds. The zero-order chi connectivity index (χ0) is 17.3. The number of amides is 1. The highest BCUT2D eigenvalue weighted by Crippen LogP contribution is 2.43. The van der Waals surface area contributed by atoms with Gasteiger partial charge in [0.05, 0.1) is 5.92 Å². The van der Waals surface area contributed by atoms with Crippen LogP contribution in [-0.2, 0) is 4.79 Å². The molecule has 3 fully saturated rings. The van der Waals surface area contributed by atoms with Crippen LogP contribution in [0.1, 0.15) is 77.6 Å². The number of hydrogen-bond acceptors (Lipinski definition) is 1. The van der Waals surface area contributed by atoms with Crippen LogP contribution in [0.5, 0.6) is 0 Å². The van der Waals surface area contributed by atoms with E-state index in [1.54, 1.807) is 0 Å². The second kappa shape index (κ2) is 7.25. The highest BCUT2D eigenvalue weighted by atomic mass is 19.4. The maximum Gasteiger partial charge on any atom is 0.391 e. The number of rotatable bonds is 4. The molecule has 138 valence electrons. The molecule has 0 N–H and O–H groups in total. The van der Waals surface area contributed by atoms with Gasteiger partial charge in [0.15, 0.2) is 0 Å². The Kier molecular flexibility index (Phi) is 5.45. The van der Waals surface area contributed by atoms with Crippen molar-refractivity contribution in [2.75, 3.05) is 0 Å². The standard InChI is InChI=1S/C19H30F3NO/c1-2-13-6-8-16(9-7-13)23(17-10-11-17)18(24)14-4-3-5-15(12-14)19(20,21)22/h13-17H,2-12H2,1H3. The summed E-state index contributed by atoms with van der Waals surface area (Å²) in [6, 6.07) is 0.589. The minimum Gasteiger partial charge on any atom is -0.336 e. The molecular weight excluding hydrogens is 315 g/mol. The summed E-state index contributed by atoms with van der Waals surface area (Å²) >= 11 is 0. The maximum absolute atomic E-state index is 13.1. The molecule has 24 heavy (non-hydrogen) atoms. The molecule has 0 aromatic rings. The highest BCUT2D eigenvalue weighted by Gasteiger charge is 2.46. The molecule has 0 aliphatic heterocycles. The monoisotopic (exact) mass is 345 g/mol. The number of hydrogen-bond donors (Lipinski definition) is 0. The fraction of sp³-hybridized carbons (Fsp3) is 0.947. The maximum atomic E-state index is 13.1. The average Bonchev–Trinajstić information content (AvgIpc) is 3.40. The van der Waals surface area contributed by atoms with Crippen LogP contribution in [0.15, 0.2) is 0 Å². The third-order valence-electron chi connectivity index (χ3n) is 6.47. The van der Waals surface area contributed by atoms with E-state index in [0.717, 1.165) is 44.4 Å². The number of nitrogens with zero attached hydrogens (tertiary/aromatic N) is 1. The van der Waals surface area contributed by atoms with E-state index in [9.17, 15) is 18.0 Å². The molecule has 5 heteroatoms. The van der Waals surface area contributed by atoms with Gasteiger partial charge in [0.25, 0.3) is 0 Å². The van der Waals surface area contributed by atoms with Gasteiger partial charge < -0.3 is 4.90 Å². The summed E-state index contributed by atoms with van der Waals surface area (Å²) in [5.74, 6) is -0.889. The van der Waals surface area contributed by atoms with Gasteiger partial charge in [-0.2, -0.15) is 13.2 Å². The molecule has 2 nitrogen and oxygen atoms in total. The van der Waals surface area contributed by atoms with Crippen molar-refractivity contribution in [1.29, 1.82) is 0 Å². The predicted molar refractivity (Wildman–Crippen MR) is 87.4 cm³/mol. The zero-order valence-corrected chi connectivity index (χ0v) is 14.7. The molecule has 0 aromatic carbocycles. The summed E-state index contributed by atoms with van der Waals surface area (Å²) in [7, 11) is 0. The fourth-order valence-corrected chi connectivity index (χ4v) is 4.76. The molecule has 3 saturated carbocycles. The van der Waals surface area contributed by atoms with E-state index in [1.165, 1.54) is 6.42 Å². The topological polar surface area (TPSA) is 20.3 Å². The average molecular weight is 345 g/mol. The van der Waals surface area contributed by atoms with Crippen molar-refractivity contribution < 1.29 is 18.0 Å². The van der Waals surface area contributed by atoms with Crippen LogP contribution in [0.3, 0.4) is 0 Å². The van der Waals surface area contributed by atoms with Crippen molar-refractivity contribution >= 4 is 5.91 Å². The highest BCUT2D eigenvalue weighted by molar-refractivity contribution is 5.80. The number of carbonyl (C=O) groups is 1. The summed E-state index contributed by atoms with van der Waals surface area (Å²) < 4.78 is 39.2. The number of carbonyl (C=O) groups excluding carboxylic acids is 1. The van der Waals surface area contributed by atoms with E-state index in [1.807, 2.05) is 4.90 Å². The van der Waals surface area contributed by atoms with Crippen LogP contribution in [0.25, 0.3) is 0 Å². The minimum atomic E-state index is -4.15. The molecule has 3 aliphatic rings.